The van der Waals surface area contributed by atoms with Crippen LogP contribution in [0, 0.1) is 0 Å². The third kappa shape index (κ3) is 6.06. The Morgan fingerprint density at radius 2 is 1.57 bits per heavy atom. The molecule has 0 aliphatic carbocycles. The van der Waals surface area contributed by atoms with Crippen LogP contribution < -0.4 is 19.1 Å². The van der Waals surface area contributed by atoms with Crippen molar-refractivity contribution in [3.63, 3.8) is 0 Å². The molecule has 0 unspecified atom stereocenters. The summed E-state index contributed by atoms with van der Waals surface area (Å²) in [6.07, 6.45) is 7.43. The van der Waals surface area contributed by atoms with Crippen molar-refractivity contribution in [2.24, 2.45) is 0 Å². The number of methoxy groups -OCH3 is 1. The quantitative estimate of drug-likeness (QED) is 0.105. The Balaban J connectivity index is 1.34. The average molecular weight is 500 g/mol. The molecule has 190 valence electrons. The first-order valence-corrected chi connectivity index (χ1v) is 12.3. The molecule has 0 saturated carbocycles. The predicted octanol–water partition coefficient (Wildman–Crippen LogP) is 6.07. The third-order valence-electron chi connectivity index (χ3n) is 5.96. The Labute approximate surface area is 216 Å². The van der Waals surface area contributed by atoms with Gasteiger partial charge in [-0.05, 0) is 66.6 Å². The van der Waals surface area contributed by atoms with Crippen LogP contribution in [0.2, 0.25) is 0 Å². The molecule has 4 rings (SSSR count). The van der Waals surface area contributed by atoms with E-state index in [1.807, 2.05) is 12.1 Å². The van der Waals surface area contributed by atoms with Gasteiger partial charge in [-0.2, -0.15) is 0 Å². The monoisotopic (exact) mass is 499 g/mol. The largest absolute Gasteiger partial charge is 0.493 e. The zero-order valence-electron chi connectivity index (χ0n) is 20.9. The second kappa shape index (κ2) is 12.0. The maximum Gasteiger partial charge on any atom is 0.336 e. The highest BCUT2D eigenvalue weighted by atomic mass is 16.5. The number of imide groups is 1. The first-order valence-electron chi connectivity index (χ1n) is 12.3. The summed E-state index contributed by atoms with van der Waals surface area (Å²) in [4.78, 5) is 38.7. The van der Waals surface area contributed by atoms with Crippen molar-refractivity contribution in [3.8, 4) is 17.2 Å². The number of benzene rings is 3. The molecule has 0 bridgehead atoms. The molecular formula is C30H29NO6. The summed E-state index contributed by atoms with van der Waals surface area (Å²) in [7, 11) is 1.58. The number of esters is 1. The second-order valence-electron chi connectivity index (χ2n) is 8.56. The van der Waals surface area contributed by atoms with E-state index in [0.29, 0.717) is 40.7 Å². The Morgan fingerprint density at radius 1 is 0.865 bits per heavy atom. The van der Waals surface area contributed by atoms with Crippen LogP contribution in [-0.2, 0) is 4.79 Å². The summed E-state index contributed by atoms with van der Waals surface area (Å²) >= 11 is 0. The van der Waals surface area contributed by atoms with Crippen molar-refractivity contribution >= 4 is 29.5 Å². The van der Waals surface area contributed by atoms with Crippen LogP contribution in [0.4, 0.5) is 5.69 Å². The number of fused-ring (bicyclic) bond motifs is 1. The van der Waals surface area contributed by atoms with E-state index in [-0.39, 0.29) is 11.8 Å². The molecule has 0 spiro atoms. The van der Waals surface area contributed by atoms with Crippen molar-refractivity contribution in [1.82, 2.24) is 0 Å². The first kappa shape index (κ1) is 25.7. The van der Waals surface area contributed by atoms with Crippen LogP contribution in [0.5, 0.6) is 17.2 Å². The number of rotatable bonds is 11. The van der Waals surface area contributed by atoms with Gasteiger partial charge in [0.15, 0.2) is 11.5 Å². The average Bonchev–Trinajstić information content (AvgIpc) is 3.18. The summed E-state index contributed by atoms with van der Waals surface area (Å²) < 4.78 is 16.6. The molecule has 3 aromatic rings. The summed E-state index contributed by atoms with van der Waals surface area (Å²) in [5, 5.41) is 0. The molecule has 37 heavy (non-hydrogen) atoms. The van der Waals surface area contributed by atoms with Crippen LogP contribution in [0.3, 0.4) is 0 Å². The minimum atomic E-state index is -0.566. The predicted molar refractivity (Wildman–Crippen MR) is 141 cm³/mol. The molecule has 1 aliphatic rings. The van der Waals surface area contributed by atoms with Crippen LogP contribution in [0.25, 0.3) is 6.08 Å². The number of nitrogens with zero attached hydrogens (tertiary/aromatic N) is 1. The Bertz CT molecular complexity index is 1280. The molecule has 0 atom stereocenters. The lowest BCUT2D eigenvalue weighted by Crippen LogP contribution is -2.29. The number of hydrogen-bond donors (Lipinski definition) is 0. The van der Waals surface area contributed by atoms with Gasteiger partial charge in [0, 0.05) is 6.08 Å². The lowest BCUT2D eigenvalue weighted by molar-refractivity contribution is -0.128. The van der Waals surface area contributed by atoms with Gasteiger partial charge >= 0.3 is 5.97 Å². The number of ether oxygens (including phenoxy) is 3. The molecule has 7 nitrogen and oxygen atoms in total. The molecule has 0 N–H and O–H groups in total. The highest BCUT2D eigenvalue weighted by Crippen LogP contribution is 2.30. The number of anilines is 1. The van der Waals surface area contributed by atoms with Crippen molar-refractivity contribution in [2.75, 3.05) is 18.6 Å². The highest BCUT2D eigenvalue weighted by Gasteiger charge is 2.36. The summed E-state index contributed by atoms with van der Waals surface area (Å²) in [6.45, 7) is 2.80. The molecule has 0 aromatic heterocycles. The fourth-order valence-corrected chi connectivity index (χ4v) is 4.02. The molecule has 1 aliphatic heterocycles. The molecule has 2 amide bonds. The van der Waals surface area contributed by atoms with Crippen molar-refractivity contribution in [1.29, 1.82) is 0 Å². The number of amides is 2. The zero-order valence-corrected chi connectivity index (χ0v) is 20.9. The van der Waals surface area contributed by atoms with Crippen molar-refractivity contribution < 1.29 is 28.6 Å². The highest BCUT2D eigenvalue weighted by molar-refractivity contribution is 6.34. The van der Waals surface area contributed by atoms with Gasteiger partial charge in [0.1, 0.15) is 5.75 Å². The van der Waals surface area contributed by atoms with Gasteiger partial charge in [0.25, 0.3) is 11.8 Å². The topological polar surface area (TPSA) is 82.1 Å². The lowest BCUT2D eigenvalue weighted by atomic mass is 10.1. The SMILES string of the molecule is CCCCCCOc1ccc(/C=C/C(=O)Oc2ccc(N3C(=O)c4ccccc4C3=O)cc2)cc1OC. The van der Waals surface area contributed by atoms with Gasteiger partial charge in [-0.3, -0.25) is 9.59 Å². The van der Waals surface area contributed by atoms with Gasteiger partial charge < -0.3 is 14.2 Å². The van der Waals surface area contributed by atoms with Gasteiger partial charge in [0.05, 0.1) is 30.5 Å². The number of carbonyl (C=O) groups is 3. The summed E-state index contributed by atoms with van der Waals surface area (Å²) in [6, 6.07) is 18.4. The number of carbonyl (C=O) groups excluding carboxylic acids is 3. The molecule has 7 heteroatoms. The maximum absolute atomic E-state index is 12.6. The minimum absolute atomic E-state index is 0.291. The summed E-state index contributed by atoms with van der Waals surface area (Å²) in [5.74, 6) is 0.225. The third-order valence-corrected chi connectivity index (χ3v) is 5.96. The van der Waals surface area contributed by atoms with E-state index in [9.17, 15) is 14.4 Å². The van der Waals surface area contributed by atoms with E-state index in [1.54, 1.807) is 67.8 Å². The van der Waals surface area contributed by atoms with E-state index in [2.05, 4.69) is 6.92 Å². The fraction of sp³-hybridized carbons (Fsp3) is 0.233. The number of unbranched alkanes of at least 4 members (excludes halogenated alkanes) is 3. The molecule has 3 aromatic carbocycles. The first-order chi connectivity index (χ1) is 18.0. The molecule has 0 radical (unpaired) electrons. The number of hydrogen-bond acceptors (Lipinski definition) is 6. The van der Waals surface area contributed by atoms with Gasteiger partial charge in [-0.1, -0.05) is 44.4 Å². The van der Waals surface area contributed by atoms with Gasteiger partial charge in [0.2, 0.25) is 0 Å². The van der Waals surface area contributed by atoms with E-state index >= 15 is 0 Å². The molecule has 1 heterocycles. The van der Waals surface area contributed by atoms with Crippen molar-refractivity contribution in [2.45, 2.75) is 32.6 Å². The van der Waals surface area contributed by atoms with Gasteiger partial charge in [-0.15, -0.1) is 0 Å². The smallest absolute Gasteiger partial charge is 0.336 e. The van der Waals surface area contributed by atoms with Crippen LogP contribution >= 0.6 is 0 Å². The molecule has 0 fully saturated rings. The van der Waals surface area contributed by atoms with Gasteiger partial charge in [-0.25, -0.2) is 9.69 Å². The van der Waals surface area contributed by atoms with E-state index in [1.165, 1.54) is 18.9 Å². The minimum Gasteiger partial charge on any atom is -0.493 e. The Morgan fingerprint density at radius 3 is 2.22 bits per heavy atom. The van der Waals surface area contributed by atoms with E-state index in [0.717, 1.165) is 23.3 Å². The molecule has 0 saturated heterocycles. The van der Waals surface area contributed by atoms with E-state index < -0.39 is 5.97 Å². The van der Waals surface area contributed by atoms with Crippen molar-refractivity contribution in [3.05, 3.63) is 89.5 Å². The normalized spacial score (nSPS) is 12.6. The molecular weight excluding hydrogens is 470 g/mol. The fourth-order valence-electron chi connectivity index (χ4n) is 4.02. The van der Waals surface area contributed by atoms with Crippen LogP contribution in [0.1, 0.15) is 58.9 Å². The standard InChI is InChI=1S/C30H29NO6/c1-3-4-5-8-19-36-26-17-11-21(20-27(26)35-2)12-18-28(32)37-23-15-13-22(14-16-23)31-29(33)24-9-6-7-10-25(24)30(31)34/h6-7,9-18,20H,3-5,8,19H2,1-2H3/b18-12+. The van der Waals surface area contributed by atoms with Crippen LogP contribution in [0.15, 0.2) is 72.8 Å². The zero-order chi connectivity index (χ0) is 26.2. The Hall–Kier alpha value is -4.39. The lowest BCUT2D eigenvalue weighted by Gasteiger charge is -2.14. The Kier molecular flexibility index (Phi) is 8.36. The van der Waals surface area contributed by atoms with Crippen LogP contribution in [-0.4, -0.2) is 31.5 Å². The van der Waals surface area contributed by atoms with E-state index in [4.69, 9.17) is 14.2 Å². The second-order valence-corrected chi connectivity index (χ2v) is 8.56. The summed E-state index contributed by atoms with van der Waals surface area (Å²) in [5.41, 5.74) is 1.90. The maximum atomic E-state index is 12.6.